The molecule has 1 aliphatic carbocycles. The standard InChI is InChI=1S/C28H32FNO4/c1-28(2,3)17-14-15-22(34-4)20(16-17)25(31)23-24(19-12-8-9-13-21(19)29)30(27(33)26(23)32)18-10-6-5-7-11-18/h8-9,12-16,18,24,31H,5-7,10-11H2,1-4H3/b25-23+. The number of methoxy groups -OCH3 is 1. The van der Waals surface area contributed by atoms with Crippen molar-refractivity contribution in [3.05, 3.63) is 70.5 Å². The number of aliphatic hydroxyl groups is 1. The van der Waals surface area contributed by atoms with E-state index in [1.807, 2.05) is 26.8 Å². The summed E-state index contributed by atoms with van der Waals surface area (Å²) in [6.45, 7) is 6.12. The largest absolute Gasteiger partial charge is 0.507 e. The average molecular weight is 466 g/mol. The van der Waals surface area contributed by atoms with E-state index in [0.29, 0.717) is 11.3 Å². The Morgan fingerprint density at radius 1 is 1.06 bits per heavy atom. The Morgan fingerprint density at radius 3 is 2.35 bits per heavy atom. The fraction of sp³-hybridized carbons (Fsp3) is 0.429. The SMILES string of the molecule is COc1ccc(C(C)(C)C)cc1/C(O)=C1\C(=O)C(=O)N(C2CCCCC2)C1c1ccccc1F. The quantitative estimate of drug-likeness (QED) is 0.348. The summed E-state index contributed by atoms with van der Waals surface area (Å²) in [5, 5.41) is 11.5. The number of hydrogen-bond donors (Lipinski definition) is 1. The van der Waals surface area contributed by atoms with Gasteiger partial charge in [0.15, 0.2) is 0 Å². The van der Waals surface area contributed by atoms with Crippen molar-refractivity contribution in [1.29, 1.82) is 0 Å². The highest BCUT2D eigenvalue weighted by molar-refractivity contribution is 6.46. The number of rotatable bonds is 4. The fourth-order valence-corrected chi connectivity index (χ4v) is 5.09. The molecule has 2 aliphatic rings. The van der Waals surface area contributed by atoms with E-state index in [4.69, 9.17) is 4.74 Å². The van der Waals surface area contributed by atoms with Gasteiger partial charge in [0.05, 0.1) is 24.3 Å². The highest BCUT2D eigenvalue weighted by Crippen LogP contribution is 2.45. The number of amides is 1. The van der Waals surface area contributed by atoms with E-state index < -0.39 is 23.5 Å². The van der Waals surface area contributed by atoms with Crippen molar-refractivity contribution in [2.45, 2.75) is 70.4 Å². The fourth-order valence-electron chi connectivity index (χ4n) is 5.09. The summed E-state index contributed by atoms with van der Waals surface area (Å²) in [7, 11) is 1.48. The third-order valence-corrected chi connectivity index (χ3v) is 6.97. The van der Waals surface area contributed by atoms with Crippen LogP contribution in [0.3, 0.4) is 0 Å². The first-order valence-corrected chi connectivity index (χ1v) is 11.9. The van der Waals surface area contributed by atoms with Crippen LogP contribution in [-0.4, -0.2) is 34.8 Å². The number of ketones is 1. The summed E-state index contributed by atoms with van der Waals surface area (Å²) in [6.07, 6.45) is 4.46. The van der Waals surface area contributed by atoms with Gasteiger partial charge in [0, 0.05) is 11.6 Å². The number of carbonyl (C=O) groups excluding carboxylic acids is 2. The molecule has 0 bridgehead atoms. The molecule has 2 fully saturated rings. The van der Waals surface area contributed by atoms with Crippen LogP contribution in [0.5, 0.6) is 5.75 Å². The molecule has 0 aromatic heterocycles. The van der Waals surface area contributed by atoms with E-state index in [-0.39, 0.29) is 28.4 Å². The van der Waals surface area contributed by atoms with Crippen LogP contribution in [-0.2, 0) is 15.0 Å². The summed E-state index contributed by atoms with van der Waals surface area (Å²) in [6, 6.07) is 10.4. The van der Waals surface area contributed by atoms with Crippen LogP contribution >= 0.6 is 0 Å². The van der Waals surface area contributed by atoms with Crippen LogP contribution in [0.15, 0.2) is 48.0 Å². The lowest BCUT2D eigenvalue weighted by Crippen LogP contribution is -2.40. The number of likely N-dealkylation sites (tertiary alicyclic amines) is 1. The van der Waals surface area contributed by atoms with Crippen LogP contribution in [0, 0.1) is 5.82 Å². The van der Waals surface area contributed by atoms with Crippen molar-refractivity contribution in [2.75, 3.05) is 7.11 Å². The lowest BCUT2D eigenvalue weighted by molar-refractivity contribution is -0.141. The molecule has 1 aliphatic heterocycles. The molecule has 2 aromatic carbocycles. The number of ether oxygens (including phenoxy) is 1. The van der Waals surface area contributed by atoms with E-state index in [0.717, 1.165) is 37.7 Å². The number of halogens is 1. The molecule has 1 heterocycles. The number of Topliss-reactive ketones (excluding diaryl/α,β-unsaturated/α-hetero) is 1. The van der Waals surface area contributed by atoms with Gasteiger partial charge in [0.2, 0.25) is 0 Å². The molecule has 5 nitrogen and oxygen atoms in total. The number of benzene rings is 2. The Kier molecular flexibility index (Phi) is 6.52. The van der Waals surface area contributed by atoms with Gasteiger partial charge < -0.3 is 14.7 Å². The van der Waals surface area contributed by atoms with Gasteiger partial charge in [-0.05, 0) is 42.0 Å². The molecule has 1 unspecified atom stereocenters. The Labute approximate surface area is 200 Å². The third-order valence-electron chi connectivity index (χ3n) is 6.97. The zero-order chi connectivity index (χ0) is 24.6. The van der Waals surface area contributed by atoms with Crippen molar-refractivity contribution < 1.29 is 23.8 Å². The van der Waals surface area contributed by atoms with E-state index in [9.17, 15) is 14.7 Å². The van der Waals surface area contributed by atoms with Crippen molar-refractivity contribution >= 4 is 17.4 Å². The summed E-state index contributed by atoms with van der Waals surface area (Å²) < 4.78 is 20.5. The lowest BCUT2D eigenvalue weighted by Gasteiger charge is -2.35. The maximum atomic E-state index is 15.1. The molecular weight excluding hydrogens is 433 g/mol. The minimum Gasteiger partial charge on any atom is -0.507 e. The normalized spacial score (nSPS) is 21.2. The van der Waals surface area contributed by atoms with E-state index in [1.165, 1.54) is 18.1 Å². The zero-order valence-electron chi connectivity index (χ0n) is 20.2. The third kappa shape index (κ3) is 4.22. The number of nitrogens with zero attached hydrogens (tertiary/aromatic N) is 1. The second-order valence-electron chi connectivity index (χ2n) is 10.2. The van der Waals surface area contributed by atoms with Crippen LogP contribution in [0.25, 0.3) is 5.76 Å². The summed E-state index contributed by atoms with van der Waals surface area (Å²) in [5.41, 5.74) is 1.14. The molecule has 0 radical (unpaired) electrons. The minimum absolute atomic E-state index is 0.0926. The van der Waals surface area contributed by atoms with Crippen LogP contribution < -0.4 is 4.74 Å². The highest BCUT2D eigenvalue weighted by atomic mass is 19.1. The topological polar surface area (TPSA) is 66.8 Å². The first-order valence-electron chi connectivity index (χ1n) is 11.9. The Balaban J connectivity index is 1.95. The Bertz CT molecular complexity index is 1140. The number of aliphatic hydroxyl groups excluding tert-OH is 1. The smallest absolute Gasteiger partial charge is 0.295 e. The molecule has 34 heavy (non-hydrogen) atoms. The van der Waals surface area contributed by atoms with E-state index in [2.05, 4.69) is 0 Å². The van der Waals surface area contributed by atoms with Crippen molar-refractivity contribution in [1.82, 2.24) is 4.90 Å². The van der Waals surface area contributed by atoms with E-state index >= 15 is 4.39 Å². The maximum absolute atomic E-state index is 15.1. The van der Waals surface area contributed by atoms with E-state index in [1.54, 1.807) is 30.3 Å². The van der Waals surface area contributed by atoms with Gasteiger partial charge in [-0.15, -0.1) is 0 Å². The summed E-state index contributed by atoms with van der Waals surface area (Å²) >= 11 is 0. The minimum atomic E-state index is -0.993. The first kappa shape index (κ1) is 24.0. The van der Waals surface area contributed by atoms with Gasteiger partial charge >= 0.3 is 0 Å². The van der Waals surface area contributed by atoms with Crippen molar-refractivity contribution in [2.24, 2.45) is 0 Å². The molecule has 1 saturated carbocycles. The Hall–Kier alpha value is -3.15. The van der Waals surface area contributed by atoms with Gasteiger partial charge in [-0.3, -0.25) is 9.59 Å². The van der Waals surface area contributed by atoms with Gasteiger partial charge in [-0.2, -0.15) is 0 Å². The van der Waals surface area contributed by atoms with Gasteiger partial charge in [-0.25, -0.2) is 4.39 Å². The monoisotopic (exact) mass is 465 g/mol. The summed E-state index contributed by atoms with van der Waals surface area (Å²) in [5.74, 6) is -1.96. The van der Waals surface area contributed by atoms with Crippen molar-refractivity contribution in [3.8, 4) is 5.75 Å². The van der Waals surface area contributed by atoms with Crippen LogP contribution in [0.1, 0.15) is 75.6 Å². The van der Waals surface area contributed by atoms with Crippen LogP contribution in [0.2, 0.25) is 0 Å². The molecular formula is C28H32FNO4. The number of carbonyl (C=O) groups is 2. The highest BCUT2D eigenvalue weighted by Gasteiger charge is 2.49. The number of hydrogen-bond acceptors (Lipinski definition) is 4. The molecule has 1 saturated heterocycles. The molecule has 0 spiro atoms. The van der Waals surface area contributed by atoms with Gasteiger partial charge in [0.25, 0.3) is 11.7 Å². The molecule has 6 heteroatoms. The van der Waals surface area contributed by atoms with Crippen LogP contribution in [0.4, 0.5) is 4.39 Å². The first-order chi connectivity index (χ1) is 16.1. The second kappa shape index (κ2) is 9.24. The lowest BCUT2D eigenvalue weighted by atomic mass is 9.85. The van der Waals surface area contributed by atoms with Gasteiger partial charge in [0.1, 0.15) is 17.3 Å². The second-order valence-corrected chi connectivity index (χ2v) is 10.2. The molecule has 180 valence electrons. The Morgan fingerprint density at radius 2 is 1.74 bits per heavy atom. The van der Waals surface area contributed by atoms with Crippen molar-refractivity contribution in [3.63, 3.8) is 0 Å². The predicted octanol–water partition coefficient (Wildman–Crippen LogP) is 5.89. The zero-order valence-corrected chi connectivity index (χ0v) is 20.2. The average Bonchev–Trinajstić information content (AvgIpc) is 3.08. The predicted molar refractivity (Wildman–Crippen MR) is 129 cm³/mol. The maximum Gasteiger partial charge on any atom is 0.295 e. The summed E-state index contributed by atoms with van der Waals surface area (Å²) in [4.78, 5) is 28.2. The molecule has 1 N–H and O–H groups in total. The molecule has 1 amide bonds. The van der Waals surface area contributed by atoms with Gasteiger partial charge in [-0.1, -0.05) is 64.3 Å². The molecule has 1 atom stereocenters. The molecule has 2 aromatic rings. The molecule has 4 rings (SSSR count).